The molecule has 0 radical (unpaired) electrons. The third-order valence-corrected chi connectivity index (χ3v) is 4.74. The van der Waals surface area contributed by atoms with Crippen molar-refractivity contribution in [2.24, 2.45) is 0 Å². The van der Waals surface area contributed by atoms with Crippen LogP contribution in [0.2, 0.25) is 5.02 Å². The molecule has 122 valence electrons. The van der Waals surface area contributed by atoms with Crippen LogP contribution in [0.1, 0.15) is 16.1 Å². The van der Waals surface area contributed by atoms with Gasteiger partial charge in [-0.2, -0.15) is 0 Å². The summed E-state index contributed by atoms with van der Waals surface area (Å²) in [5, 5.41) is 9.01. The number of thiazole rings is 1. The summed E-state index contributed by atoms with van der Waals surface area (Å²) in [4.78, 5) is 16.7. The van der Waals surface area contributed by atoms with Gasteiger partial charge in [0.15, 0.2) is 5.13 Å². The Morgan fingerprint density at radius 3 is 2.83 bits per heavy atom. The summed E-state index contributed by atoms with van der Waals surface area (Å²) >= 11 is 10.7. The van der Waals surface area contributed by atoms with Crippen LogP contribution in [-0.2, 0) is 0 Å². The van der Waals surface area contributed by atoms with Gasteiger partial charge in [0, 0.05) is 26.3 Å². The molecule has 0 aliphatic heterocycles. The zero-order valence-electron chi connectivity index (χ0n) is 12.6. The molecule has 4 nitrogen and oxygen atoms in total. The van der Waals surface area contributed by atoms with Gasteiger partial charge in [0.05, 0.1) is 0 Å². The summed E-state index contributed by atoms with van der Waals surface area (Å²) in [7, 11) is 0. The highest BCUT2D eigenvalue weighted by molar-refractivity contribution is 9.10. The van der Waals surface area contributed by atoms with Crippen molar-refractivity contribution >= 4 is 61.3 Å². The van der Waals surface area contributed by atoms with E-state index >= 15 is 0 Å². The molecule has 0 unspecified atom stereocenters. The summed E-state index contributed by atoms with van der Waals surface area (Å²) < 4.78 is 0.972. The fraction of sp³-hybridized carbons (Fsp3) is 0.0588. The first-order valence-corrected chi connectivity index (χ1v) is 9.12. The van der Waals surface area contributed by atoms with E-state index in [2.05, 4.69) is 31.5 Å². The molecule has 0 aliphatic rings. The van der Waals surface area contributed by atoms with E-state index in [0.29, 0.717) is 15.8 Å². The molecule has 0 saturated carbocycles. The first kappa shape index (κ1) is 17.0. The van der Waals surface area contributed by atoms with E-state index in [-0.39, 0.29) is 5.91 Å². The summed E-state index contributed by atoms with van der Waals surface area (Å²) in [6.07, 6.45) is 0. The van der Waals surface area contributed by atoms with Gasteiger partial charge in [-0.25, -0.2) is 4.98 Å². The summed E-state index contributed by atoms with van der Waals surface area (Å²) in [5.41, 5.74) is 2.94. The predicted octanol–water partition coefficient (Wildman–Crippen LogP) is 5.86. The Morgan fingerprint density at radius 1 is 1.25 bits per heavy atom. The van der Waals surface area contributed by atoms with Gasteiger partial charge in [-0.3, -0.25) is 4.79 Å². The molecule has 0 fully saturated rings. The third-order valence-electron chi connectivity index (χ3n) is 3.25. The van der Waals surface area contributed by atoms with E-state index in [1.54, 1.807) is 17.5 Å². The van der Waals surface area contributed by atoms with Crippen LogP contribution in [0, 0.1) is 6.92 Å². The SMILES string of the molecule is Cc1cc(Br)ccc1NC(=O)c1csc(Nc2cccc(Cl)c2)n1. The van der Waals surface area contributed by atoms with Gasteiger partial charge in [0.2, 0.25) is 0 Å². The number of halogens is 2. The molecule has 24 heavy (non-hydrogen) atoms. The smallest absolute Gasteiger partial charge is 0.275 e. The number of hydrogen-bond acceptors (Lipinski definition) is 4. The second-order valence-electron chi connectivity index (χ2n) is 5.09. The number of hydrogen-bond donors (Lipinski definition) is 2. The van der Waals surface area contributed by atoms with Crippen molar-refractivity contribution in [1.29, 1.82) is 0 Å². The second kappa shape index (κ2) is 7.34. The molecule has 7 heteroatoms. The second-order valence-corrected chi connectivity index (χ2v) is 7.30. The quantitative estimate of drug-likeness (QED) is 0.553. The molecule has 0 saturated heterocycles. The molecular formula is C17H13BrClN3OS. The largest absolute Gasteiger partial charge is 0.331 e. The Labute approximate surface area is 157 Å². The number of rotatable bonds is 4. The standard InChI is InChI=1S/C17H13BrClN3OS/c1-10-7-11(18)5-6-14(10)21-16(23)15-9-24-17(22-15)20-13-4-2-3-12(19)8-13/h2-9H,1H3,(H,20,22)(H,21,23). The van der Waals surface area contributed by atoms with Crippen LogP contribution in [0.3, 0.4) is 0 Å². The predicted molar refractivity (Wildman–Crippen MR) is 104 cm³/mol. The highest BCUT2D eigenvalue weighted by Gasteiger charge is 2.12. The molecule has 0 aliphatic carbocycles. The van der Waals surface area contributed by atoms with E-state index in [4.69, 9.17) is 11.6 Å². The lowest BCUT2D eigenvalue weighted by molar-refractivity contribution is 0.102. The van der Waals surface area contributed by atoms with E-state index in [1.807, 2.05) is 37.3 Å². The van der Waals surface area contributed by atoms with Gasteiger partial charge >= 0.3 is 0 Å². The van der Waals surface area contributed by atoms with Crippen molar-refractivity contribution in [2.45, 2.75) is 6.92 Å². The van der Waals surface area contributed by atoms with E-state index < -0.39 is 0 Å². The van der Waals surface area contributed by atoms with Gasteiger partial charge in [-0.1, -0.05) is 33.6 Å². The van der Waals surface area contributed by atoms with Crippen LogP contribution < -0.4 is 10.6 Å². The molecule has 0 bridgehead atoms. The zero-order chi connectivity index (χ0) is 17.1. The number of carbonyl (C=O) groups is 1. The summed E-state index contributed by atoms with van der Waals surface area (Å²) in [6.45, 7) is 1.94. The monoisotopic (exact) mass is 421 g/mol. The molecule has 2 aromatic carbocycles. The van der Waals surface area contributed by atoms with E-state index in [1.165, 1.54) is 11.3 Å². The molecule has 0 spiro atoms. The first-order chi connectivity index (χ1) is 11.5. The normalized spacial score (nSPS) is 10.5. The maximum Gasteiger partial charge on any atom is 0.275 e. The number of nitrogens with one attached hydrogen (secondary N) is 2. The molecule has 3 rings (SSSR count). The van der Waals surface area contributed by atoms with Crippen molar-refractivity contribution in [1.82, 2.24) is 4.98 Å². The van der Waals surface area contributed by atoms with Gasteiger partial charge in [0.25, 0.3) is 5.91 Å². The first-order valence-electron chi connectivity index (χ1n) is 7.07. The molecule has 0 atom stereocenters. The van der Waals surface area contributed by atoms with Crippen molar-refractivity contribution in [2.75, 3.05) is 10.6 Å². The number of anilines is 3. The molecule has 1 aromatic heterocycles. The van der Waals surface area contributed by atoms with Crippen LogP contribution in [0.4, 0.5) is 16.5 Å². The minimum atomic E-state index is -0.240. The number of aromatic nitrogens is 1. The Bertz CT molecular complexity index is 897. The average molecular weight is 423 g/mol. The number of amides is 1. The maximum atomic E-state index is 12.3. The number of aryl methyl sites for hydroxylation is 1. The number of carbonyl (C=O) groups excluding carboxylic acids is 1. The summed E-state index contributed by atoms with van der Waals surface area (Å²) in [6, 6.07) is 13.0. The van der Waals surface area contributed by atoms with Crippen LogP contribution in [0.5, 0.6) is 0 Å². The fourth-order valence-corrected chi connectivity index (χ4v) is 3.46. The molecular weight excluding hydrogens is 410 g/mol. The lowest BCUT2D eigenvalue weighted by atomic mass is 10.2. The third kappa shape index (κ3) is 4.14. The lowest BCUT2D eigenvalue weighted by Crippen LogP contribution is -2.13. The molecule has 1 heterocycles. The average Bonchev–Trinajstić information content (AvgIpc) is 2.98. The maximum absolute atomic E-state index is 12.3. The Morgan fingerprint density at radius 2 is 2.08 bits per heavy atom. The Balaban J connectivity index is 1.71. The Hall–Kier alpha value is -1.89. The van der Waals surface area contributed by atoms with E-state index in [0.717, 1.165) is 21.4 Å². The van der Waals surface area contributed by atoms with Crippen molar-refractivity contribution in [3.05, 3.63) is 68.6 Å². The minimum absolute atomic E-state index is 0.240. The zero-order valence-corrected chi connectivity index (χ0v) is 15.8. The van der Waals surface area contributed by atoms with Crippen LogP contribution in [0.25, 0.3) is 0 Å². The van der Waals surface area contributed by atoms with Crippen molar-refractivity contribution in [3.63, 3.8) is 0 Å². The molecule has 3 aromatic rings. The van der Waals surface area contributed by atoms with Crippen LogP contribution >= 0.6 is 38.9 Å². The summed E-state index contributed by atoms with van der Waals surface area (Å²) in [5.74, 6) is -0.240. The van der Waals surface area contributed by atoms with Gasteiger partial charge in [-0.05, 0) is 48.9 Å². The highest BCUT2D eigenvalue weighted by atomic mass is 79.9. The molecule has 2 N–H and O–H groups in total. The minimum Gasteiger partial charge on any atom is -0.331 e. The molecule has 1 amide bonds. The number of nitrogens with zero attached hydrogens (tertiary/aromatic N) is 1. The fourth-order valence-electron chi connectivity index (χ4n) is 2.08. The van der Waals surface area contributed by atoms with Gasteiger partial charge in [-0.15, -0.1) is 11.3 Å². The van der Waals surface area contributed by atoms with Gasteiger partial charge in [0.1, 0.15) is 5.69 Å². The van der Waals surface area contributed by atoms with Crippen LogP contribution in [0.15, 0.2) is 52.3 Å². The Kier molecular flexibility index (Phi) is 5.18. The number of benzene rings is 2. The van der Waals surface area contributed by atoms with Crippen LogP contribution in [-0.4, -0.2) is 10.9 Å². The van der Waals surface area contributed by atoms with Crippen molar-refractivity contribution in [3.8, 4) is 0 Å². The van der Waals surface area contributed by atoms with Gasteiger partial charge < -0.3 is 10.6 Å². The topological polar surface area (TPSA) is 54.0 Å². The lowest BCUT2D eigenvalue weighted by Gasteiger charge is -2.07. The highest BCUT2D eigenvalue weighted by Crippen LogP contribution is 2.24. The van der Waals surface area contributed by atoms with E-state index in [9.17, 15) is 4.79 Å². The van der Waals surface area contributed by atoms with Crippen molar-refractivity contribution < 1.29 is 4.79 Å².